The van der Waals surface area contributed by atoms with Crippen LogP contribution in [-0.4, -0.2) is 20.1 Å². The average molecular weight is 266 g/mol. The lowest BCUT2D eigenvalue weighted by atomic mass is 10.3. The van der Waals surface area contributed by atoms with Gasteiger partial charge in [0.05, 0.1) is 16.7 Å². The summed E-state index contributed by atoms with van der Waals surface area (Å²) in [5.74, 6) is -0.311. The van der Waals surface area contributed by atoms with Crippen LogP contribution >= 0.6 is 0 Å². The Hall–Kier alpha value is -1.87. The lowest BCUT2D eigenvalue weighted by molar-refractivity contribution is -0.115. The molecule has 0 heterocycles. The van der Waals surface area contributed by atoms with Gasteiger partial charge in [0.1, 0.15) is 6.42 Å². The molecule has 1 amide bonds. The van der Waals surface area contributed by atoms with Crippen molar-refractivity contribution in [2.24, 2.45) is 0 Å². The van der Waals surface area contributed by atoms with Crippen molar-refractivity contribution in [1.29, 1.82) is 5.26 Å². The van der Waals surface area contributed by atoms with Crippen molar-refractivity contribution in [2.75, 3.05) is 11.1 Å². The summed E-state index contributed by atoms with van der Waals surface area (Å²) in [5.41, 5.74) is 0.477. The molecule has 0 aromatic heterocycles. The normalized spacial score (nSPS) is 10.7. The molecule has 0 saturated heterocycles. The third kappa shape index (κ3) is 3.86. The second-order valence-corrected chi connectivity index (χ2v) is 5.84. The topological polar surface area (TPSA) is 87.0 Å². The number of amides is 1. The highest BCUT2D eigenvalue weighted by molar-refractivity contribution is 7.91. The van der Waals surface area contributed by atoms with Crippen LogP contribution in [0.1, 0.15) is 19.8 Å². The van der Waals surface area contributed by atoms with Gasteiger partial charge in [-0.2, -0.15) is 5.26 Å². The van der Waals surface area contributed by atoms with E-state index in [0.717, 1.165) is 0 Å². The van der Waals surface area contributed by atoms with E-state index in [-0.39, 0.29) is 17.1 Å². The molecule has 0 aliphatic carbocycles. The van der Waals surface area contributed by atoms with E-state index in [1.807, 2.05) is 0 Å². The molecule has 0 aliphatic rings. The van der Waals surface area contributed by atoms with Crippen molar-refractivity contribution in [3.05, 3.63) is 24.3 Å². The minimum absolute atomic E-state index is 0.104. The Bertz CT molecular complexity index is 556. The van der Waals surface area contributed by atoms with Crippen LogP contribution in [0.3, 0.4) is 0 Å². The van der Waals surface area contributed by atoms with Gasteiger partial charge in [0.2, 0.25) is 5.91 Å². The Kier molecular flexibility index (Phi) is 4.86. The quantitative estimate of drug-likeness (QED) is 0.879. The number of sulfone groups is 1. The van der Waals surface area contributed by atoms with Crippen molar-refractivity contribution in [3.8, 4) is 6.07 Å². The number of nitriles is 1. The van der Waals surface area contributed by atoms with Gasteiger partial charge < -0.3 is 5.32 Å². The second kappa shape index (κ2) is 6.17. The molecular formula is C12H14N2O3S. The lowest BCUT2D eigenvalue weighted by Gasteiger charge is -2.05. The van der Waals surface area contributed by atoms with Gasteiger partial charge in [-0.3, -0.25) is 4.79 Å². The third-order valence-electron chi connectivity index (χ3n) is 2.21. The summed E-state index contributed by atoms with van der Waals surface area (Å²) >= 11 is 0. The van der Waals surface area contributed by atoms with Crippen LogP contribution in [0.25, 0.3) is 0 Å². The fraction of sp³-hybridized carbons (Fsp3) is 0.333. The number of carbonyl (C=O) groups is 1. The van der Waals surface area contributed by atoms with Crippen molar-refractivity contribution >= 4 is 21.4 Å². The van der Waals surface area contributed by atoms with Crippen LogP contribution in [0.4, 0.5) is 5.69 Å². The van der Waals surface area contributed by atoms with Crippen LogP contribution in [0.2, 0.25) is 0 Å². The summed E-state index contributed by atoms with van der Waals surface area (Å²) in [7, 11) is -3.23. The number of carbonyl (C=O) groups excluding carboxylic acids is 1. The fourth-order valence-electron chi connectivity index (χ4n) is 1.41. The van der Waals surface area contributed by atoms with E-state index >= 15 is 0 Å². The van der Waals surface area contributed by atoms with Crippen LogP contribution in [0.5, 0.6) is 0 Å². The third-order valence-corrected chi connectivity index (χ3v) is 4.15. The molecule has 96 valence electrons. The van der Waals surface area contributed by atoms with Crippen LogP contribution < -0.4 is 5.32 Å². The van der Waals surface area contributed by atoms with E-state index in [9.17, 15) is 13.2 Å². The maximum absolute atomic E-state index is 11.7. The monoisotopic (exact) mass is 266 g/mol. The standard InChI is InChI=1S/C12H14N2O3S/c1-2-9-18(16,17)11-5-3-10(4-6-11)14-12(15)7-8-13/h3-6H,2,7,9H2,1H3,(H,14,15). The molecule has 0 atom stereocenters. The number of nitrogens with zero attached hydrogens (tertiary/aromatic N) is 1. The second-order valence-electron chi connectivity index (χ2n) is 3.73. The van der Waals surface area contributed by atoms with Gasteiger partial charge in [0, 0.05) is 5.69 Å². The Morgan fingerprint density at radius 3 is 2.44 bits per heavy atom. The summed E-state index contributed by atoms with van der Waals surface area (Å²) in [5, 5.41) is 10.8. The Morgan fingerprint density at radius 1 is 1.33 bits per heavy atom. The smallest absolute Gasteiger partial charge is 0.238 e. The van der Waals surface area contributed by atoms with Crippen LogP contribution in [0, 0.1) is 11.3 Å². The maximum Gasteiger partial charge on any atom is 0.238 e. The van der Waals surface area contributed by atoms with Gasteiger partial charge >= 0.3 is 0 Å². The molecule has 0 spiro atoms. The molecule has 0 saturated carbocycles. The number of rotatable bonds is 5. The van der Waals surface area contributed by atoms with E-state index in [2.05, 4.69) is 5.32 Å². The summed E-state index contributed by atoms with van der Waals surface area (Å²) in [4.78, 5) is 11.4. The van der Waals surface area contributed by atoms with Crippen molar-refractivity contribution in [1.82, 2.24) is 0 Å². The number of anilines is 1. The van der Waals surface area contributed by atoms with Crippen LogP contribution in [0.15, 0.2) is 29.2 Å². The molecule has 1 N–H and O–H groups in total. The first-order valence-corrected chi connectivity index (χ1v) is 7.14. The number of hydrogen-bond acceptors (Lipinski definition) is 4. The highest BCUT2D eigenvalue weighted by Gasteiger charge is 2.12. The minimum atomic E-state index is -3.23. The van der Waals surface area contributed by atoms with Crippen molar-refractivity contribution < 1.29 is 13.2 Å². The van der Waals surface area contributed by atoms with Gasteiger partial charge in [-0.25, -0.2) is 8.42 Å². The molecule has 5 nitrogen and oxygen atoms in total. The number of hydrogen-bond donors (Lipinski definition) is 1. The summed E-state index contributed by atoms with van der Waals surface area (Å²) in [6, 6.07) is 7.66. The maximum atomic E-state index is 11.7. The minimum Gasteiger partial charge on any atom is -0.325 e. The first kappa shape index (κ1) is 14.2. The molecule has 0 fully saturated rings. The van der Waals surface area contributed by atoms with Crippen molar-refractivity contribution in [2.45, 2.75) is 24.7 Å². The first-order valence-electron chi connectivity index (χ1n) is 5.49. The zero-order valence-corrected chi connectivity index (χ0v) is 10.8. The highest BCUT2D eigenvalue weighted by Crippen LogP contribution is 2.16. The molecule has 1 rings (SSSR count). The summed E-state index contributed by atoms with van der Waals surface area (Å²) in [6.45, 7) is 1.80. The molecule has 0 unspecified atom stereocenters. The van der Waals surface area contributed by atoms with Gasteiger partial charge in [0.15, 0.2) is 9.84 Å². The molecule has 1 aromatic carbocycles. The number of benzene rings is 1. The Labute approximate surface area is 106 Å². The Morgan fingerprint density at radius 2 is 1.94 bits per heavy atom. The zero-order valence-electron chi connectivity index (χ0n) is 10.0. The summed E-state index contributed by atoms with van der Waals surface area (Å²) in [6.07, 6.45) is 0.332. The number of nitrogens with one attached hydrogen (secondary N) is 1. The molecule has 0 aliphatic heterocycles. The molecule has 0 bridgehead atoms. The zero-order chi connectivity index (χ0) is 13.6. The van der Waals surface area contributed by atoms with E-state index in [1.54, 1.807) is 13.0 Å². The largest absolute Gasteiger partial charge is 0.325 e. The average Bonchev–Trinajstić information content (AvgIpc) is 2.30. The van der Waals surface area contributed by atoms with Gasteiger partial charge in [-0.15, -0.1) is 0 Å². The van der Waals surface area contributed by atoms with E-state index < -0.39 is 15.7 Å². The van der Waals surface area contributed by atoms with Crippen molar-refractivity contribution in [3.63, 3.8) is 0 Å². The molecule has 1 aromatic rings. The SMILES string of the molecule is CCCS(=O)(=O)c1ccc(NC(=O)CC#N)cc1. The van der Waals surface area contributed by atoms with Gasteiger partial charge in [0.25, 0.3) is 0 Å². The van der Waals surface area contributed by atoms with Crippen LogP contribution in [-0.2, 0) is 14.6 Å². The van der Waals surface area contributed by atoms with Gasteiger partial charge in [-0.05, 0) is 30.7 Å². The van der Waals surface area contributed by atoms with Gasteiger partial charge in [-0.1, -0.05) is 6.92 Å². The first-order chi connectivity index (χ1) is 8.49. The molecule has 0 radical (unpaired) electrons. The summed E-state index contributed by atoms with van der Waals surface area (Å²) < 4.78 is 23.5. The van der Waals surface area contributed by atoms with E-state index in [0.29, 0.717) is 12.1 Å². The lowest BCUT2D eigenvalue weighted by Crippen LogP contribution is -2.10. The molecule has 6 heteroatoms. The van der Waals surface area contributed by atoms with E-state index in [4.69, 9.17) is 5.26 Å². The predicted octanol–water partition coefficient (Wildman–Crippen LogP) is 1.72. The van der Waals surface area contributed by atoms with E-state index in [1.165, 1.54) is 24.3 Å². The predicted molar refractivity (Wildman–Crippen MR) is 67.6 cm³/mol. The molecular weight excluding hydrogens is 252 g/mol. The Balaban J connectivity index is 2.81. The highest BCUT2D eigenvalue weighted by atomic mass is 32.2. The fourth-order valence-corrected chi connectivity index (χ4v) is 2.73. The molecule has 18 heavy (non-hydrogen) atoms.